The van der Waals surface area contributed by atoms with Gasteiger partial charge in [0.1, 0.15) is 4.90 Å². The van der Waals surface area contributed by atoms with E-state index in [0.717, 1.165) is 44.9 Å². The highest BCUT2D eigenvalue weighted by molar-refractivity contribution is 7.89. The van der Waals surface area contributed by atoms with Gasteiger partial charge in [0.05, 0.1) is 5.02 Å². The minimum Gasteiger partial charge on any atom is -0.349 e. The van der Waals surface area contributed by atoms with Crippen LogP contribution in [0.2, 0.25) is 5.02 Å². The third kappa shape index (κ3) is 5.72. The standard InChI is InChI=1S/C24H34ClN3O4S/c25-21-10-9-19(17-22(21)33(31,32)28-13-5-2-6-14-28)23(29)26-20-11-15-27(16-12-20)24(30)18-7-3-1-4-8-18/h9-10,17-18,20H,1-8,11-16H2,(H,26,29). The summed E-state index contributed by atoms with van der Waals surface area (Å²) in [4.78, 5) is 27.6. The SMILES string of the molecule is O=C(NC1CCN(C(=O)C2CCCCC2)CC1)c1ccc(Cl)c(S(=O)(=O)N2CCCCC2)c1. The van der Waals surface area contributed by atoms with E-state index >= 15 is 0 Å². The molecule has 0 atom stereocenters. The Morgan fingerprint density at radius 3 is 2.18 bits per heavy atom. The van der Waals surface area contributed by atoms with Gasteiger partial charge in [-0.25, -0.2) is 8.42 Å². The van der Waals surface area contributed by atoms with E-state index in [-0.39, 0.29) is 39.3 Å². The number of likely N-dealkylation sites (tertiary alicyclic amines) is 1. The smallest absolute Gasteiger partial charge is 0.251 e. The van der Waals surface area contributed by atoms with Gasteiger partial charge in [0.25, 0.3) is 5.91 Å². The van der Waals surface area contributed by atoms with Crippen molar-refractivity contribution in [2.45, 2.75) is 75.1 Å². The fourth-order valence-electron chi connectivity index (χ4n) is 5.21. The number of carbonyl (C=O) groups is 2. The minimum absolute atomic E-state index is 0.00776. The molecule has 0 aromatic heterocycles. The van der Waals surface area contributed by atoms with E-state index in [9.17, 15) is 18.0 Å². The van der Waals surface area contributed by atoms with Gasteiger partial charge in [-0.1, -0.05) is 37.3 Å². The topological polar surface area (TPSA) is 86.8 Å². The molecule has 1 N–H and O–H groups in total. The number of halogens is 1. The van der Waals surface area contributed by atoms with Crippen LogP contribution in [0.15, 0.2) is 23.1 Å². The molecule has 3 aliphatic rings. The number of carbonyl (C=O) groups excluding carboxylic acids is 2. The largest absolute Gasteiger partial charge is 0.349 e. The maximum Gasteiger partial charge on any atom is 0.251 e. The summed E-state index contributed by atoms with van der Waals surface area (Å²) in [6, 6.07) is 4.40. The molecule has 0 radical (unpaired) electrons. The molecule has 9 heteroatoms. The molecule has 2 saturated heterocycles. The van der Waals surface area contributed by atoms with Crippen LogP contribution >= 0.6 is 11.6 Å². The molecule has 0 bridgehead atoms. The van der Waals surface area contributed by atoms with Gasteiger partial charge in [0, 0.05) is 43.7 Å². The molecule has 2 aliphatic heterocycles. The van der Waals surface area contributed by atoms with Crippen LogP contribution in [0, 0.1) is 5.92 Å². The molecule has 2 heterocycles. The first kappa shape index (κ1) is 24.5. The molecular weight excluding hydrogens is 462 g/mol. The van der Waals surface area contributed by atoms with E-state index in [1.807, 2.05) is 4.90 Å². The summed E-state index contributed by atoms with van der Waals surface area (Å²) in [5, 5.41) is 3.15. The van der Waals surface area contributed by atoms with Gasteiger partial charge in [-0.3, -0.25) is 9.59 Å². The van der Waals surface area contributed by atoms with Crippen LogP contribution in [0.25, 0.3) is 0 Å². The van der Waals surface area contributed by atoms with Gasteiger partial charge < -0.3 is 10.2 Å². The van der Waals surface area contributed by atoms with Gasteiger partial charge in [0.15, 0.2) is 0 Å². The quantitative estimate of drug-likeness (QED) is 0.672. The first-order chi connectivity index (χ1) is 15.9. The van der Waals surface area contributed by atoms with Gasteiger partial charge in [-0.2, -0.15) is 4.31 Å². The molecule has 182 valence electrons. The Morgan fingerprint density at radius 1 is 0.879 bits per heavy atom. The highest BCUT2D eigenvalue weighted by Crippen LogP contribution is 2.29. The number of amides is 2. The van der Waals surface area contributed by atoms with Crippen LogP contribution < -0.4 is 5.32 Å². The first-order valence-electron chi connectivity index (χ1n) is 12.3. The molecule has 33 heavy (non-hydrogen) atoms. The second-order valence-corrected chi connectivity index (χ2v) is 11.8. The second-order valence-electron chi connectivity index (χ2n) is 9.52. The maximum atomic E-state index is 13.1. The zero-order chi connectivity index (χ0) is 23.4. The van der Waals surface area contributed by atoms with Crippen molar-refractivity contribution in [3.8, 4) is 0 Å². The molecule has 1 saturated carbocycles. The fraction of sp³-hybridized carbons (Fsp3) is 0.667. The van der Waals surface area contributed by atoms with Gasteiger partial charge in [-0.05, 0) is 56.7 Å². The Kier molecular flexibility index (Phi) is 7.97. The molecule has 1 aliphatic carbocycles. The van der Waals surface area contributed by atoms with E-state index in [1.165, 1.54) is 22.9 Å². The summed E-state index contributed by atoms with van der Waals surface area (Å²) in [6.07, 6.45) is 9.59. The number of piperidine rings is 2. The Hall–Kier alpha value is -1.64. The number of benzene rings is 1. The molecule has 1 aromatic carbocycles. The summed E-state index contributed by atoms with van der Waals surface area (Å²) in [5.41, 5.74) is 0.288. The zero-order valence-corrected chi connectivity index (χ0v) is 20.7. The summed E-state index contributed by atoms with van der Waals surface area (Å²) in [6.45, 7) is 2.26. The van der Waals surface area contributed by atoms with Crippen LogP contribution in [0.1, 0.15) is 74.6 Å². The Morgan fingerprint density at radius 2 is 1.52 bits per heavy atom. The van der Waals surface area contributed by atoms with E-state index in [2.05, 4.69) is 5.32 Å². The van der Waals surface area contributed by atoms with Crippen molar-refractivity contribution < 1.29 is 18.0 Å². The molecule has 4 rings (SSSR count). The normalized spacial score (nSPS) is 21.7. The van der Waals surface area contributed by atoms with Crippen molar-refractivity contribution in [2.75, 3.05) is 26.2 Å². The average molecular weight is 496 g/mol. The third-order valence-electron chi connectivity index (χ3n) is 7.22. The predicted molar refractivity (Wildman–Crippen MR) is 128 cm³/mol. The lowest BCUT2D eigenvalue weighted by Crippen LogP contribution is -2.48. The van der Waals surface area contributed by atoms with Crippen molar-refractivity contribution in [3.63, 3.8) is 0 Å². The monoisotopic (exact) mass is 495 g/mol. The lowest BCUT2D eigenvalue weighted by Gasteiger charge is -2.35. The predicted octanol–water partition coefficient (Wildman–Crippen LogP) is 3.82. The van der Waals surface area contributed by atoms with Crippen molar-refractivity contribution in [1.29, 1.82) is 0 Å². The van der Waals surface area contributed by atoms with Crippen LogP contribution in [0.3, 0.4) is 0 Å². The average Bonchev–Trinajstić information content (AvgIpc) is 2.85. The summed E-state index contributed by atoms with van der Waals surface area (Å²) in [5.74, 6) is 0.128. The van der Waals surface area contributed by atoms with Gasteiger partial charge >= 0.3 is 0 Å². The van der Waals surface area contributed by atoms with Gasteiger partial charge in [0.2, 0.25) is 15.9 Å². The summed E-state index contributed by atoms with van der Waals surface area (Å²) < 4.78 is 27.6. The minimum atomic E-state index is -3.73. The highest BCUT2D eigenvalue weighted by atomic mass is 35.5. The molecule has 7 nitrogen and oxygen atoms in total. The van der Waals surface area contributed by atoms with Crippen LogP contribution in [0.5, 0.6) is 0 Å². The number of sulfonamides is 1. The Bertz CT molecular complexity index is 964. The Labute approximate surface area is 201 Å². The van der Waals surface area contributed by atoms with Crippen LogP contribution in [0.4, 0.5) is 0 Å². The number of nitrogens with zero attached hydrogens (tertiary/aromatic N) is 2. The first-order valence-corrected chi connectivity index (χ1v) is 14.1. The molecular formula is C24H34ClN3O4S. The maximum absolute atomic E-state index is 13.1. The molecule has 2 amide bonds. The number of hydrogen-bond donors (Lipinski definition) is 1. The summed E-state index contributed by atoms with van der Waals surface area (Å²) in [7, 11) is -3.73. The van der Waals surface area contributed by atoms with Crippen molar-refractivity contribution in [2.24, 2.45) is 5.92 Å². The second kappa shape index (κ2) is 10.7. The van der Waals surface area contributed by atoms with Crippen molar-refractivity contribution >= 4 is 33.4 Å². The van der Waals surface area contributed by atoms with Crippen LogP contribution in [-0.2, 0) is 14.8 Å². The van der Waals surface area contributed by atoms with E-state index in [1.54, 1.807) is 6.07 Å². The van der Waals surface area contributed by atoms with Crippen molar-refractivity contribution in [3.05, 3.63) is 28.8 Å². The molecule has 0 spiro atoms. The number of rotatable bonds is 5. The molecule has 0 unspecified atom stereocenters. The number of nitrogens with one attached hydrogen (secondary N) is 1. The lowest BCUT2D eigenvalue weighted by molar-refractivity contribution is -0.137. The van der Waals surface area contributed by atoms with Gasteiger partial charge in [-0.15, -0.1) is 0 Å². The highest BCUT2D eigenvalue weighted by Gasteiger charge is 2.31. The van der Waals surface area contributed by atoms with E-state index in [0.29, 0.717) is 39.0 Å². The van der Waals surface area contributed by atoms with E-state index in [4.69, 9.17) is 11.6 Å². The Balaban J connectivity index is 1.36. The lowest BCUT2D eigenvalue weighted by atomic mass is 9.87. The number of hydrogen-bond acceptors (Lipinski definition) is 4. The summed E-state index contributed by atoms with van der Waals surface area (Å²) >= 11 is 6.23. The fourth-order valence-corrected chi connectivity index (χ4v) is 7.22. The molecule has 3 fully saturated rings. The van der Waals surface area contributed by atoms with Crippen molar-refractivity contribution in [1.82, 2.24) is 14.5 Å². The van der Waals surface area contributed by atoms with Crippen LogP contribution in [-0.4, -0.2) is 61.7 Å². The molecule has 1 aromatic rings. The van der Waals surface area contributed by atoms with E-state index < -0.39 is 10.0 Å². The zero-order valence-electron chi connectivity index (χ0n) is 19.1. The third-order valence-corrected chi connectivity index (χ3v) is 9.60.